The topological polar surface area (TPSA) is 102 Å². The number of thiophene rings is 1. The summed E-state index contributed by atoms with van der Waals surface area (Å²) in [5.74, 6) is -1.30. The van der Waals surface area contributed by atoms with Crippen molar-refractivity contribution in [2.75, 3.05) is 20.3 Å². The summed E-state index contributed by atoms with van der Waals surface area (Å²) in [5, 5.41) is 14.8. The molecule has 7 nitrogen and oxygen atoms in total. The first-order chi connectivity index (χ1) is 16.3. The average Bonchev–Trinajstić information content (AvgIpc) is 3.22. The SMILES string of the molecule is COC(=O)c1cc(C(=O)NCC(C)C)ccc1-c1cc2c(cc1C(=O)O)-c1sccc1CCO2. The van der Waals surface area contributed by atoms with Gasteiger partial charge in [-0.15, -0.1) is 11.3 Å². The fourth-order valence-electron chi connectivity index (χ4n) is 3.91. The summed E-state index contributed by atoms with van der Waals surface area (Å²) in [6.07, 6.45) is 0.721. The Kier molecular flexibility index (Phi) is 6.70. The van der Waals surface area contributed by atoms with Gasteiger partial charge in [0.1, 0.15) is 5.75 Å². The van der Waals surface area contributed by atoms with Gasteiger partial charge in [-0.1, -0.05) is 19.9 Å². The highest BCUT2D eigenvalue weighted by atomic mass is 32.1. The molecule has 0 saturated heterocycles. The minimum Gasteiger partial charge on any atom is -0.493 e. The van der Waals surface area contributed by atoms with Gasteiger partial charge in [-0.3, -0.25) is 4.79 Å². The normalized spacial score (nSPS) is 12.2. The van der Waals surface area contributed by atoms with Crippen molar-refractivity contribution in [1.82, 2.24) is 5.32 Å². The molecule has 0 radical (unpaired) electrons. The Balaban J connectivity index is 1.87. The number of ether oxygens (including phenoxy) is 2. The molecule has 1 amide bonds. The lowest BCUT2D eigenvalue weighted by Gasteiger charge is -2.16. The molecular weight excluding hydrogens is 454 g/mol. The van der Waals surface area contributed by atoms with Crippen LogP contribution in [-0.2, 0) is 11.2 Å². The second-order valence-electron chi connectivity index (χ2n) is 8.43. The van der Waals surface area contributed by atoms with Crippen LogP contribution in [-0.4, -0.2) is 43.2 Å². The Labute approximate surface area is 201 Å². The summed E-state index contributed by atoms with van der Waals surface area (Å²) in [6, 6.07) is 9.87. The first-order valence-corrected chi connectivity index (χ1v) is 11.8. The molecule has 1 aliphatic heterocycles. The van der Waals surface area contributed by atoms with Crippen molar-refractivity contribution < 1.29 is 29.0 Å². The van der Waals surface area contributed by atoms with Gasteiger partial charge >= 0.3 is 11.9 Å². The van der Waals surface area contributed by atoms with Gasteiger partial charge in [0.25, 0.3) is 5.91 Å². The van der Waals surface area contributed by atoms with Crippen LogP contribution in [0.5, 0.6) is 5.75 Å². The number of hydrogen-bond acceptors (Lipinski definition) is 6. The van der Waals surface area contributed by atoms with Gasteiger partial charge in [0.2, 0.25) is 0 Å². The molecule has 2 heterocycles. The lowest BCUT2D eigenvalue weighted by Crippen LogP contribution is -2.27. The van der Waals surface area contributed by atoms with Gasteiger partial charge in [0, 0.05) is 34.5 Å². The number of carbonyl (C=O) groups is 3. The minimum atomic E-state index is -1.13. The van der Waals surface area contributed by atoms with E-state index in [0.717, 1.165) is 16.9 Å². The molecule has 176 valence electrons. The molecule has 2 aromatic carbocycles. The summed E-state index contributed by atoms with van der Waals surface area (Å²) in [6.45, 7) is 4.91. The number of rotatable bonds is 6. The quantitative estimate of drug-likeness (QED) is 0.488. The van der Waals surface area contributed by atoms with E-state index in [1.54, 1.807) is 24.3 Å². The van der Waals surface area contributed by atoms with Crippen molar-refractivity contribution in [3.05, 3.63) is 64.0 Å². The number of esters is 1. The van der Waals surface area contributed by atoms with Crippen LogP contribution < -0.4 is 10.1 Å². The largest absolute Gasteiger partial charge is 0.493 e. The molecule has 0 fully saturated rings. The van der Waals surface area contributed by atoms with Gasteiger partial charge in [-0.05, 0) is 52.8 Å². The molecule has 0 bridgehead atoms. The standard InChI is InChI=1S/C26H25NO6S/c1-14(2)13-27-24(28)16-4-5-17(20(10-16)26(31)32-3)18-12-22-21(11-19(18)25(29)30)23-15(6-8-33-22)7-9-34-23/h4-5,7,9-12,14H,6,8,13H2,1-3H3,(H,27,28)(H,29,30). The number of fused-ring (bicyclic) bond motifs is 3. The first-order valence-electron chi connectivity index (χ1n) is 10.9. The number of carbonyl (C=O) groups excluding carboxylic acids is 2. The van der Waals surface area contributed by atoms with Crippen molar-refractivity contribution >= 4 is 29.2 Å². The zero-order valence-electron chi connectivity index (χ0n) is 19.1. The molecule has 0 spiro atoms. The second-order valence-corrected chi connectivity index (χ2v) is 9.34. The fraction of sp³-hybridized carbons (Fsp3) is 0.269. The van der Waals surface area contributed by atoms with E-state index < -0.39 is 11.9 Å². The third kappa shape index (κ3) is 4.54. The third-order valence-corrected chi connectivity index (χ3v) is 6.61. The summed E-state index contributed by atoms with van der Waals surface area (Å²) in [4.78, 5) is 38.5. The van der Waals surface area contributed by atoms with Crippen LogP contribution in [0.25, 0.3) is 21.6 Å². The summed E-state index contributed by atoms with van der Waals surface area (Å²) >= 11 is 1.54. The van der Waals surface area contributed by atoms with Crippen molar-refractivity contribution in [2.24, 2.45) is 5.92 Å². The number of carboxylic acids is 1. The zero-order valence-corrected chi connectivity index (χ0v) is 20.0. The maximum absolute atomic E-state index is 12.7. The van der Waals surface area contributed by atoms with E-state index in [9.17, 15) is 19.5 Å². The van der Waals surface area contributed by atoms with Crippen LogP contribution in [0.1, 0.15) is 50.5 Å². The van der Waals surface area contributed by atoms with Gasteiger partial charge in [0.05, 0.1) is 24.8 Å². The van der Waals surface area contributed by atoms with Crippen LogP contribution >= 0.6 is 11.3 Å². The Morgan fingerprint density at radius 1 is 1.09 bits per heavy atom. The Hall–Kier alpha value is -3.65. The molecule has 2 N–H and O–H groups in total. The van der Waals surface area contributed by atoms with Crippen molar-refractivity contribution in [3.63, 3.8) is 0 Å². The van der Waals surface area contributed by atoms with Crippen molar-refractivity contribution in [3.8, 4) is 27.3 Å². The number of hydrogen-bond donors (Lipinski definition) is 2. The highest BCUT2D eigenvalue weighted by molar-refractivity contribution is 7.13. The van der Waals surface area contributed by atoms with Crippen LogP contribution in [0.4, 0.5) is 0 Å². The van der Waals surface area contributed by atoms with Gasteiger partial charge in [0.15, 0.2) is 0 Å². The van der Waals surface area contributed by atoms with E-state index in [1.807, 2.05) is 25.3 Å². The van der Waals surface area contributed by atoms with Crippen LogP contribution in [0.15, 0.2) is 41.8 Å². The molecule has 1 aliphatic rings. The van der Waals surface area contributed by atoms with Crippen LogP contribution in [0.2, 0.25) is 0 Å². The van der Waals surface area contributed by atoms with Crippen LogP contribution in [0.3, 0.4) is 0 Å². The van der Waals surface area contributed by atoms with E-state index >= 15 is 0 Å². The summed E-state index contributed by atoms with van der Waals surface area (Å²) in [5.41, 5.74) is 2.93. The van der Waals surface area contributed by atoms with Gasteiger partial charge < -0.3 is 19.9 Å². The number of amides is 1. The first kappa shape index (κ1) is 23.5. The van der Waals surface area contributed by atoms with E-state index in [1.165, 1.54) is 24.5 Å². The summed E-state index contributed by atoms with van der Waals surface area (Å²) in [7, 11) is 1.24. The number of methoxy groups -OCH3 is 1. The van der Waals surface area contributed by atoms with Crippen LogP contribution in [0, 0.1) is 5.92 Å². The molecule has 3 aromatic rings. The molecule has 0 atom stereocenters. The van der Waals surface area contributed by atoms with E-state index in [4.69, 9.17) is 9.47 Å². The van der Waals surface area contributed by atoms with E-state index in [-0.39, 0.29) is 28.5 Å². The lowest BCUT2D eigenvalue weighted by molar-refractivity contribution is 0.0600. The highest BCUT2D eigenvalue weighted by Crippen LogP contribution is 2.43. The molecule has 34 heavy (non-hydrogen) atoms. The lowest BCUT2D eigenvalue weighted by atomic mass is 9.91. The molecule has 4 rings (SSSR count). The monoisotopic (exact) mass is 479 g/mol. The number of benzene rings is 2. The Morgan fingerprint density at radius 2 is 1.88 bits per heavy atom. The fourth-order valence-corrected chi connectivity index (χ4v) is 4.89. The summed E-state index contributed by atoms with van der Waals surface area (Å²) < 4.78 is 10.9. The molecule has 0 saturated carbocycles. The Bertz CT molecular complexity index is 1280. The molecule has 0 aliphatic carbocycles. The zero-order chi connectivity index (χ0) is 24.4. The maximum Gasteiger partial charge on any atom is 0.338 e. The average molecular weight is 480 g/mol. The smallest absolute Gasteiger partial charge is 0.338 e. The minimum absolute atomic E-state index is 0.0331. The van der Waals surface area contributed by atoms with Gasteiger partial charge in [-0.2, -0.15) is 0 Å². The van der Waals surface area contributed by atoms with Crippen molar-refractivity contribution in [2.45, 2.75) is 20.3 Å². The molecule has 8 heteroatoms. The van der Waals surface area contributed by atoms with Gasteiger partial charge in [-0.25, -0.2) is 9.59 Å². The molecular formula is C26H25NO6S. The molecule has 0 unspecified atom stereocenters. The second kappa shape index (κ2) is 9.69. The van der Waals surface area contributed by atoms with E-state index in [0.29, 0.717) is 35.6 Å². The predicted octanol–water partition coefficient (Wildman–Crippen LogP) is 4.89. The number of aromatic carboxylic acids is 1. The predicted molar refractivity (Wildman–Crippen MR) is 130 cm³/mol. The number of carboxylic acid groups (broad SMARTS) is 1. The number of nitrogens with one attached hydrogen (secondary N) is 1. The Morgan fingerprint density at radius 3 is 2.59 bits per heavy atom. The van der Waals surface area contributed by atoms with E-state index in [2.05, 4.69) is 5.32 Å². The third-order valence-electron chi connectivity index (χ3n) is 5.62. The highest BCUT2D eigenvalue weighted by Gasteiger charge is 2.25. The molecule has 1 aromatic heterocycles. The maximum atomic E-state index is 12.7. The van der Waals surface area contributed by atoms with Crippen molar-refractivity contribution in [1.29, 1.82) is 0 Å².